The predicted octanol–water partition coefficient (Wildman–Crippen LogP) is 3.95. The van der Waals surface area contributed by atoms with Crippen molar-refractivity contribution in [2.24, 2.45) is 0 Å². The number of methoxy groups -OCH3 is 1. The zero-order chi connectivity index (χ0) is 17.1. The molecule has 1 aliphatic rings. The van der Waals surface area contributed by atoms with E-state index in [1.54, 1.807) is 55.7 Å². The number of rotatable bonds is 5. The number of hydrogen-bond donors (Lipinski definition) is 0. The fourth-order valence-electron chi connectivity index (χ4n) is 2.68. The van der Waals surface area contributed by atoms with Gasteiger partial charge in [-0.2, -0.15) is 0 Å². The summed E-state index contributed by atoms with van der Waals surface area (Å²) >= 11 is 0. The first-order chi connectivity index (χ1) is 11.7. The van der Waals surface area contributed by atoms with Gasteiger partial charge in [-0.3, -0.25) is 9.59 Å². The molecule has 2 aromatic rings. The third kappa shape index (κ3) is 2.83. The van der Waals surface area contributed by atoms with Gasteiger partial charge in [0.25, 0.3) is 0 Å². The Bertz CT molecular complexity index is 796. The molecule has 4 nitrogen and oxygen atoms in total. The Balaban J connectivity index is 1.97. The molecule has 0 unspecified atom stereocenters. The van der Waals surface area contributed by atoms with E-state index in [1.165, 1.54) is 0 Å². The fraction of sp³-hybridized carbons (Fsp3) is 0.200. The summed E-state index contributed by atoms with van der Waals surface area (Å²) in [5, 5.41) is 0. The van der Waals surface area contributed by atoms with Crippen LogP contribution in [0.25, 0.3) is 6.08 Å². The van der Waals surface area contributed by atoms with E-state index in [0.717, 1.165) is 12.0 Å². The summed E-state index contributed by atoms with van der Waals surface area (Å²) in [6.45, 7) is 2.59. The molecule has 1 aliphatic carbocycles. The summed E-state index contributed by atoms with van der Waals surface area (Å²) in [6.07, 6.45) is 2.49. The van der Waals surface area contributed by atoms with Crippen LogP contribution in [-0.4, -0.2) is 25.3 Å². The lowest BCUT2D eigenvalue weighted by Crippen LogP contribution is -2.01. The van der Waals surface area contributed by atoms with Crippen molar-refractivity contribution in [2.45, 2.75) is 13.3 Å². The number of ketones is 2. The second kappa shape index (κ2) is 6.71. The summed E-state index contributed by atoms with van der Waals surface area (Å²) in [5.41, 5.74) is 1.84. The van der Waals surface area contributed by atoms with Crippen molar-refractivity contribution in [3.8, 4) is 11.5 Å². The number of ether oxygens (including phenoxy) is 2. The van der Waals surface area contributed by atoms with Crippen LogP contribution in [0.15, 0.2) is 48.0 Å². The lowest BCUT2D eigenvalue weighted by atomic mass is 10.1. The van der Waals surface area contributed by atoms with E-state index in [9.17, 15) is 9.59 Å². The summed E-state index contributed by atoms with van der Waals surface area (Å²) in [4.78, 5) is 24.9. The second-order valence-electron chi connectivity index (χ2n) is 5.52. The number of allylic oxidation sites excluding steroid dienone is 1. The van der Waals surface area contributed by atoms with Gasteiger partial charge in [0.2, 0.25) is 0 Å². The highest BCUT2D eigenvalue weighted by Gasteiger charge is 2.32. The van der Waals surface area contributed by atoms with Gasteiger partial charge in [-0.1, -0.05) is 37.3 Å². The minimum absolute atomic E-state index is 0.183. The maximum Gasteiger partial charge on any atom is 0.197 e. The van der Waals surface area contributed by atoms with Crippen molar-refractivity contribution in [2.75, 3.05) is 13.7 Å². The van der Waals surface area contributed by atoms with Gasteiger partial charge in [-0.15, -0.1) is 0 Å². The van der Waals surface area contributed by atoms with Gasteiger partial charge in [0, 0.05) is 11.1 Å². The van der Waals surface area contributed by atoms with Gasteiger partial charge in [-0.25, -0.2) is 0 Å². The average Bonchev–Trinajstić information content (AvgIpc) is 2.85. The van der Waals surface area contributed by atoms with E-state index < -0.39 is 0 Å². The summed E-state index contributed by atoms with van der Waals surface area (Å²) < 4.78 is 11.0. The van der Waals surface area contributed by atoms with Crippen LogP contribution in [0.4, 0.5) is 0 Å². The van der Waals surface area contributed by atoms with Gasteiger partial charge in [0.1, 0.15) is 0 Å². The Kier molecular flexibility index (Phi) is 4.47. The van der Waals surface area contributed by atoms with E-state index in [0.29, 0.717) is 29.2 Å². The maximum absolute atomic E-state index is 12.4. The smallest absolute Gasteiger partial charge is 0.197 e. The van der Waals surface area contributed by atoms with Gasteiger partial charge >= 0.3 is 0 Å². The molecule has 0 bridgehead atoms. The van der Waals surface area contributed by atoms with Crippen molar-refractivity contribution in [1.29, 1.82) is 0 Å². The average molecular weight is 322 g/mol. The molecule has 0 atom stereocenters. The van der Waals surface area contributed by atoms with Crippen LogP contribution in [0.2, 0.25) is 0 Å². The first-order valence-electron chi connectivity index (χ1n) is 7.86. The zero-order valence-corrected chi connectivity index (χ0v) is 13.7. The van der Waals surface area contributed by atoms with Crippen LogP contribution >= 0.6 is 0 Å². The summed E-state index contributed by atoms with van der Waals surface area (Å²) in [5.74, 6) is 0.756. The highest BCUT2D eigenvalue weighted by atomic mass is 16.5. The number of hydrogen-bond acceptors (Lipinski definition) is 4. The van der Waals surface area contributed by atoms with E-state index in [4.69, 9.17) is 9.47 Å². The van der Waals surface area contributed by atoms with E-state index in [2.05, 4.69) is 0 Å². The minimum Gasteiger partial charge on any atom is -0.493 e. The van der Waals surface area contributed by atoms with E-state index >= 15 is 0 Å². The lowest BCUT2D eigenvalue weighted by molar-refractivity contribution is 0.0990. The number of fused-ring (bicyclic) bond motifs is 1. The fourth-order valence-corrected chi connectivity index (χ4v) is 2.68. The first-order valence-corrected chi connectivity index (χ1v) is 7.86. The molecule has 2 aromatic carbocycles. The topological polar surface area (TPSA) is 52.6 Å². The molecule has 0 spiro atoms. The lowest BCUT2D eigenvalue weighted by Gasteiger charge is -2.10. The molecule has 122 valence electrons. The van der Waals surface area contributed by atoms with Crippen LogP contribution in [0, 0.1) is 0 Å². The maximum atomic E-state index is 12.4. The number of Topliss-reactive ketones (excluding diaryl/α,β-unsaturated/α-hetero) is 2. The third-order valence-corrected chi connectivity index (χ3v) is 3.87. The molecule has 0 radical (unpaired) electrons. The quantitative estimate of drug-likeness (QED) is 0.618. The normalized spacial score (nSPS) is 13.0. The highest BCUT2D eigenvalue weighted by molar-refractivity contribution is 6.41. The zero-order valence-electron chi connectivity index (χ0n) is 13.7. The van der Waals surface area contributed by atoms with Crippen LogP contribution < -0.4 is 9.47 Å². The molecule has 0 saturated carbocycles. The molecule has 24 heavy (non-hydrogen) atoms. The second-order valence-corrected chi connectivity index (χ2v) is 5.52. The molecular formula is C20H18O4. The molecule has 0 heterocycles. The SMILES string of the molecule is CCCOc1cc(C=C2C(=O)c3ccccc3C2=O)ccc1OC. The third-order valence-electron chi connectivity index (χ3n) is 3.87. The molecule has 0 aromatic heterocycles. The molecular weight excluding hydrogens is 304 g/mol. The van der Waals surface area contributed by atoms with E-state index in [1.807, 2.05) is 6.92 Å². The number of carbonyl (C=O) groups excluding carboxylic acids is 2. The minimum atomic E-state index is -0.234. The van der Waals surface area contributed by atoms with Crippen LogP contribution in [0.5, 0.6) is 11.5 Å². The summed E-state index contributed by atoms with van der Waals surface area (Å²) in [6, 6.07) is 12.2. The van der Waals surface area contributed by atoms with Gasteiger partial charge in [0.15, 0.2) is 23.1 Å². The van der Waals surface area contributed by atoms with Crippen LogP contribution in [0.1, 0.15) is 39.6 Å². The molecule has 3 rings (SSSR count). The molecule has 0 N–H and O–H groups in total. The van der Waals surface area contributed by atoms with Crippen molar-refractivity contribution in [3.05, 3.63) is 64.7 Å². The molecule has 0 saturated heterocycles. The van der Waals surface area contributed by atoms with E-state index in [-0.39, 0.29) is 17.1 Å². The Morgan fingerprint density at radius 2 is 1.62 bits per heavy atom. The highest BCUT2D eigenvalue weighted by Crippen LogP contribution is 2.31. The Morgan fingerprint density at radius 1 is 0.958 bits per heavy atom. The largest absolute Gasteiger partial charge is 0.493 e. The van der Waals surface area contributed by atoms with Crippen molar-refractivity contribution in [1.82, 2.24) is 0 Å². The first kappa shape index (κ1) is 16.0. The monoisotopic (exact) mass is 322 g/mol. The molecule has 0 fully saturated rings. The number of carbonyl (C=O) groups is 2. The van der Waals surface area contributed by atoms with Crippen molar-refractivity contribution < 1.29 is 19.1 Å². The standard InChI is InChI=1S/C20H18O4/c1-3-10-24-18-12-13(8-9-17(18)23-2)11-16-19(21)14-6-4-5-7-15(14)20(16)22/h4-9,11-12H,3,10H2,1-2H3. The molecule has 0 amide bonds. The summed E-state index contributed by atoms with van der Waals surface area (Å²) in [7, 11) is 1.58. The predicted molar refractivity (Wildman–Crippen MR) is 91.9 cm³/mol. The molecule has 4 heteroatoms. The van der Waals surface area contributed by atoms with Crippen molar-refractivity contribution in [3.63, 3.8) is 0 Å². The van der Waals surface area contributed by atoms with Crippen LogP contribution in [-0.2, 0) is 0 Å². The Morgan fingerprint density at radius 3 is 2.21 bits per heavy atom. The number of benzene rings is 2. The van der Waals surface area contributed by atoms with Gasteiger partial charge in [0.05, 0.1) is 19.3 Å². The Hall–Kier alpha value is -2.88. The van der Waals surface area contributed by atoms with Gasteiger partial charge < -0.3 is 9.47 Å². The van der Waals surface area contributed by atoms with Gasteiger partial charge in [-0.05, 0) is 30.2 Å². The molecule has 0 aliphatic heterocycles. The van der Waals surface area contributed by atoms with Crippen molar-refractivity contribution >= 4 is 17.6 Å². The Labute approximate surface area is 140 Å². The van der Waals surface area contributed by atoms with Crippen LogP contribution in [0.3, 0.4) is 0 Å².